The van der Waals surface area contributed by atoms with Crippen LogP contribution < -0.4 is 5.63 Å². The molecule has 148 valence electrons. The van der Waals surface area contributed by atoms with Gasteiger partial charge in [0.05, 0.1) is 0 Å². The van der Waals surface area contributed by atoms with E-state index in [1.54, 1.807) is 6.07 Å². The minimum atomic E-state index is -0.559. The summed E-state index contributed by atoms with van der Waals surface area (Å²) in [5.41, 5.74) is 2.37. The molecule has 0 spiro atoms. The lowest BCUT2D eigenvalue weighted by Crippen LogP contribution is -2.07. The van der Waals surface area contributed by atoms with Gasteiger partial charge in [0.15, 0.2) is 0 Å². The van der Waals surface area contributed by atoms with Gasteiger partial charge in [-0.2, -0.15) is 0 Å². The Morgan fingerprint density at radius 3 is 2.39 bits per heavy atom. The number of hydrogen-bond acceptors (Lipinski definition) is 2. The van der Waals surface area contributed by atoms with Crippen molar-refractivity contribution in [3.63, 3.8) is 0 Å². The number of rotatable bonds is 9. The van der Waals surface area contributed by atoms with E-state index in [1.807, 2.05) is 19.1 Å². The van der Waals surface area contributed by atoms with E-state index in [2.05, 4.69) is 31.2 Å². The number of halogens is 1. The molecule has 0 bridgehead atoms. The first-order chi connectivity index (χ1) is 13.6. The van der Waals surface area contributed by atoms with E-state index in [0.717, 1.165) is 31.2 Å². The van der Waals surface area contributed by atoms with Gasteiger partial charge in [-0.25, -0.2) is 9.18 Å². The molecule has 0 aliphatic rings. The monoisotopic (exact) mass is 380 g/mol. The Morgan fingerprint density at radius 2 is 1.64 bits per heavy atom. The third kappa shape index (κ3) is 5.09. The molecule has 0 saturated carbocycles. The highest BCUT2D eigenvalue weighted by molar-refractivity contribution is 5.82. The molecule has 0 unspecified atom stereocenters. The Labute approximate surface area is 166 Å². The summed E-state index contributed by atoms with van der Waals surface area (Å²) in [5.74, 6) is 0.216. The summed E-state index contributed by atoms with van der Waals surface area (Å²) in [4.78, 5) is 12.4. The molecule has 3 heteroatoms. The highest BCUT2D eigenvalue weighted by atomic mass is 19.1. The topological polar surface area (TPSA) is 30.2 Å². The quantitative estimate of drug-likeness (QED) is 0.395. The first-order valence-corrected chi connectivity index (χ1v) is 10.4. The van der Waals surface area contributed by atoms with Gasteiger partial charge in [0, 0.05) is 6.42 Å². The molecule has 0 amide bonds. The average molecular weight is 381 g/mol. The second-order valence-electron chi connectivity index (χ2n) is 7.65. The molecule has 28 heavy (non-hydrogen) atoms. The van der Waals surface area contributed by atoms with Gasteiger partial charge in [0.1, 0.15) is 17.0 Å². The second kappa shape index (κ2) is 9.68. The minimum absolute atomic E-state index is 0.0798. The fraction of sp³-hybridized carbons (Fsp3) is 0.400. The van der Waals surface area contributed by atoms with E-state index in [1.165, 1.54) is 24.8 Å². The van der Waals surface area contributed by atoms with E-state index < -0.39 is 11.4 Å². The Morgan fingerprint density at radius 1 is 0.893 bits per heavy atom. The summed E-state index contributed by atoms with van der Waals surface area (Å²) in [5, 5.41) is 0.715. The predicted octanol–water partition coefficient (Wildman–Crippen LogP) is 6.54. The van der Waals surface area contributed by atoms with Crippen LogP contribution in [0.15, 0.2) is 51.7 Å². The van der Waals surface area contributed by atoms with E-state index in [4.69, 9.17) is 4.42 Å². The molecule has 3 aromatic rings. The summed E-state index contributed by atoms with van der Waals surface area (Å²) >= 11 is 0. The van der Waals surface area contributed by atoms with Crippen LogP contribution in [0.2, 0.25) is 0 Å². The largest absolute Gasteiger partial charge is 0.427 e. The van der Waals surface area contributed by atoms with E-state index >= 15 is 0 Å². The molecule has 0 aliphatic heterocycles. The van der Waals surface area contributed by atoms with Crippen LogP contribution in [-0.2, 0) is 19.3 Å². The van der Waals surface area contributed by atoms with Crippen LogP contribution >= 0.6 is 0 Å². The van der Waals surface area contributed by atoms with Crippen molar-refractivity contribution in [1.29, 1.82) is 0 Å². The Hall–Kier alpha value is -2.42. The maximum atomic E-state index is 15.0. The van der Waals surface area contributed by atoms with Crippen molar-refractivity contribution < 1.29 is 8.81 Å². The summed E-state index contributed by atoms with van der Waals surface area (Å²) in [7, 11) is 0. The van der Waals surface area contributed by atoms with Crippen LogP contribution in [0.4, 0.5) is 4.39 Å². The van der Waals surface area contributed by atoms with Crippen molar-refractivity contribution in [2.45, 2.75) is 65.2 Å². The van der Waals surface area contributed by atoms with Crippen LogP contribution in [0.25, 0.3) is 10.8 Å². The Balaban J connectivity index is 1.73. The maximum Gasteiger partial charge on any atom is 0.346 e. The van der Waals surface area contributed by atoms with Crippen molar-refractivity contribution in [3.05, 3.63) is 81.2 Å². The number of hydrogen-bond donors (Lipinski definition) is 0. The standard InChI is InChI=1S/C25H29FO2/c1-3-4-5-6-7-8-22-17-21-16-15-20(24(26)23(21)25(27)28-22)14-13-19-11-9-18(2)10-12-19/h9-12,15-17H,3-8,13-14H2,1-2H3. The van der Waals surface area contributed by atoms with Gasteiger partial charge in [-0.3, -0.25) is 0 Å². The lowest BCUT2D eigenvalue weighted by atomic mass is 10.00. The molecule has 2 nitrogen and oxygen atoms in total. The van der Waals surface area contributed by atoms with Gasteiger partial charge >= 0.3 is 5.63 Å². The number of benzene rings is 2. The molecule has 0 aliphatic carbocycles. The summed E-state index contributed by atoms with van der Waals surface area (Å²) < 4.78 is 20.4. The molecule has 2 aromatic carbocycles. The molecular formula is C25H29FO2. The normalized spacial score (nSPS) is 11.2. The lowest BCUT2D eigenvalue weighted by Gasteiger charge is -2.08. The van der Waals surface area contributed by atoms with Crippen molar-refractivity contribution >= 4 is 10.8 Å². The Bertz CT molecular complexity index is 970. The zero-order valence-electron chi connectivity index (χ0n) is 16.9. The molecule has 0 atom stereocenters. The van der Waals surface area contributed by atoms with Crippen molar-refractivity contribution in [2.24, 2.45) is 0 Å². The maximum absolute atomic E-state index is 15.0. The van der Waals surface area contributed by atoms with E-state index in [0.29, 0.717) is 23.1 Å². The van der Waals surface area contributed by atoms with Crippen LogP contribution in [0.5, 0.6) is 0 Å². The number of aryl methyl sites for hydroxylation is 4. The number of unbranched alkanes of at least 4 members (excludes halogenated alkanes) is 4. The molecule has 0 fully saturated rings. The third-order valence-electron chi connectivity index (χ3n) is 5.33. The third-order valence-corrected chi connectivity index (χ3v) is 5.33. The van der Waals surface area contributed by atoms with Crippen LogP contribution in [-0.4, -0.2) is 0 Å². The summed E-state index contributed by atoms with van der Waals surface area (Å²) in [6, 6.07) is 13.7. The SMILES string of the molecule is CCCCCCCc1cc2ccc(CCc3ccc(C)cc3)c(F)c2c(=O)o1. The summed E-state index contributed by atoms with van der Waals surface area (Å²) in [6.45, 7) is 4.23. The molecule has 1 aromatic heterocycles. The Kier molecular flexibility index (Phi) is 7.02. The van der Waals surface area contributed by atoms with Gasteiger partial charge in [0.25, 0.3) is 0 Å². The van der Waals surface area contributed by atoms with E-state index in [9.17, 15) is 9.18 Å². The first-order valence-electron chi connectivity index (χ1n) is 10.4. The van der Waals surface area contributed by atoms with Gasteiger partial charge in [0.2, 0.25) is 0 Å². The van der Waals surface area contributed by atoms with Gasteiger partial charge < -0.3 is 4.42 Å². The van der Waals surface area contributed by atoms with Gasteiger partial charge in [-0.05, 0) is 48.8 Å². The highest BCUT2D eigenvalue weighted by Gasteiger charge is 2.13. The molecule has 0 radical (unpaired) electrons. The van der Waals surface area contributed by atoms with Crippen LogP contribution in [0, 0.1) is 12.7 Å². The van der Waals surface area contributed by atoms with Crippen molar-refractivity contribution in [2.75, 3.05) is 0 Å². The highest BCUT2D eigenvalue weighted by Crippen LogP contribution is 2.22. The zero-order chi connectivity index (χ0) is 19.9. The second-order valence-corrected chi connectivity index (χ2v) is 7.65. The predicted molar refractivity (Wildman–Crippen MR) is 113 cm³/mol. The first kappa shape index (κ1) is 20.3. The van der Waals surface area contributed by atoms with Gasteiger partial charge in [-0.1, -0.05) is 74.6 Å². The number of fused-ring (bicyclic) bond motifs is 1. The molecule has 0 N–H and O–H groups in total. The molecular weight excluding hydrogens is 351 g/mol. The van der Waals surface area contributed by atoms with Gasteiger partial charge in [-0.15, -0.1) is 0 Å². The van der Waals surface area contributed by atoms with Crippen molar-refractivity contribution in [3.8, 4) is 0 Å². The fourth-order valence-corrected chi connectivity index (χ4v) is 3.59. The van der Waals surface area contributed by atoms with E-state index in [-0.39, 0.29) is 5.39 Å². The molecule has 3 rings (SSSR count). The van der Waals surface area contributed by atoms with Crippen LogP contribution in [0.3, 0.4) is 0 Å². The average Bonchev–Trinajstić information content (AvgIpc) is 2.68. The van der Waals surface area contributed by atoms with Crippen LogP contribution in [0.1, 0.15) is 61.5 Å². The zero-order valence-corrected chi connectivity index (χ0v) is 16.9. The van der Waals surface area contributed by atoms with Crippen molar-refractivity contribution in [1.82, 2.24) is 0 Å². The molecule has 0 saturated heterocycles. The smallest absolute Gasteiger partial charge is 0.346 e. The summed E-state index contributed by atoms with van der Waals surface area (Å²) in [6.07, 6.45) is 7.79. The molecule has 1 heterocycles. The minimum Gasteiger partial charge on any atom is -0.427 e. The lowest BCUT2D eigenvalue weighted by molar-refractivity contribution is 0.453. The fourth-order valence-electron chi connectivity index (χ4n) is 3.59.